The lowest BCUT2D eigenvalue weighted by molar-refractivity contribution is -0.607. The number of primary amides is 1. The molecular weight excluding hydrogens is 476 g/mol. The van der Waals surface area contributed by atoms with Gasteiger partial charge in [0.2, 0.25) is 5.91 Å². The summed E-state index contributed by atoms with van der Waals surface area (Å²) in [4.78, 5) is 30.3. The zero-order valence-electron chi connectivity index (χ0n) is 19.2. The summed E-state index contributed by atoms with van der Waals surface area (Å²) in [5.74, 6) is -2.41. The average Bonchev–Trinajstić information content (AvgIpc) is 2.86. The number of aromatic nitrogens is 2. The fraction of sp³-hybridized carbons (Fsp3) is 0.250. The smallest absolute Gasteiger partial charge is 0.314 e. The van der Waals surface area contributed by atoms with Gasteiger partial charge in [0.05, 0.1) is 24.9 Å². The van der Waals surface area contributed by atoms with Crippen molar-refractivity contribution in [3.8, 4) is 11.5 Å². The first-order chi connectivity index (χ1) is 17.2. The summed E-state index contributed by atoms with van der Waals surface area (Å²) in [5, 5.41) is 14.5. The summed E-state index contributed by atoms with van der Waals surface area (Å²) in [6, 6.07) is 8.33. The van der Waals surface area contributed by atoms with Crippen molar-refractivity contribution in [1.29, 1.82) is 0 Å². The number of nitrogens with one attached hydrogen (secondary N) is 1. The lowest BCUT2D eigenvalue weighted by atomic mass is 10.1. The number of rotatable bonds is 7. The van der Waals surface area contributed by atoms with Gasteiger partial charge in [-0.2, -0.15) is 4.73 Å². The predicted octanol–water partition coefficient (Wildman–Crippen LogP) is 2.28. The number of nitrogens with zero attached hydrogens (tertiary/aromatic N) is 3. The highest BCUT2D eigenvalue weighted by atomic mass is 19.1. The number of benzene rings is 1. The second kappa shape index (κ2) is 10.6. The maximum Gasteiger partial charge on any atom is 0.314 e. The van der Waals surface area contributed by atoms with Crippen molar-refractivity contribution >= 4 is 17.6 Å². The van der Waals surface area contributed by atoms with Crippen LogP contribution in [0.3, 0.4) is 0 Å². The van der Waals surface area contributed by atoms with Gasteiger partial charge in [-0.1, -0.05) is 0 Å². The second-order valence-corrected chi connectivity index (χ2v) is 8.11. The number of halogens is 2. The summed E-state index contributed by atoms with van der Waals surface area (Å²) in [6.45, 7) is 2.91. The van der Waals surface area contributed by atoms with Crippen LogP contribution in [0.4, 0.5) is 14.6 Å². The molecule has 4 rings (SSSR count). The number of amides is 2. The van der Waals surface area contributed by atoms with E-state index in [-0.39, 0.29) is 28.9 Å². The van der Waals surface area contributed by atoms with Crippen LogP contribution in [0.15, 0.2) is 54.9 Å². The van der Waals surface area contributed by atoms with Gasteiger partial charge in [-0.25, -0.2) is 13.8 Å². The van der Waals surface area contributed by atoms with Crippen molar-refractivity contribution in [2.75, 3.05) is 25.0 Å². The maximum atomic E-state index is 13.8. The lowest BCUT2D eigenvalue weighted by Crippen LogP contribution is -2.48. The number of ether oxygens (including phenoxy) is 2. The van der Waals surface area contributed by atoms with Crippen molar-refractivity contribution in [3.05, 3.63) is 83.0 Å². The fourth-order valence-corrected chi connectivity index (χ4v) is 3.70. The van der Waals surface area contributed by atoms with E-state index in [4.69, 9.17) is 15.2 Å². The summed E-state index contributed by atoms with van der Waals surface area (Å²) in [5.41, 5.74) is 5.66. The Kier molecular flexibility index (Phi) is 7.36. The third-order valence-electron chi connectivity index (χ3n) is 5.70. The zero-order chi connectivity index (χ0) is 25.8. The van der Waals surface area contributed by atoms with Crippen LogP contribution >= 0.6 is 0 Å². The first-order valence-corrected chi connectivity index (χ1v) is 11.0. The van der Waals surface area contributed by atoms with E-state index in [1.54, 1.807) is 13.0 Å². The van der Waals surface area contributed by atoms with Gasteiger partial charge in [-0.15, -0.1) is 0 Å². The number of hydrogen-bond acceptors (Lipinski definition) is 7. The molecule has 12 heteroatoms. The monoisotopic (exact) mass is 499 g/mol. The Labute approximate surface area is 204 Å². The minimum atomic E-state index is -0.849. The van der Waals surface area contributed by atoms with Crippen molar-refractivity contribution in [1.82, 2.24) is 9.88 Å². The lowest BCUT2D eigenvalue weighted by Gasteiger charge is -2.36. The first kappa shape index (κ1) is 24.9. The topological polar surface area (TPSA) is 134 Å². The quantitative estimate of drug-likeness (QED) is 0.376. The number of hydrogen-bond donors (Lipinski definition) is 2. The molecule has 1 aliphatic heterocycles. The number of pyridine rings is 2. The third-order valence-corrected chi connectivity index (χ3v) is 5.70. The Morgan fingerprint density at radius 1 is 1.28 bits per heavy atom. The number of carbonyl (C=O) groups excluding carboxylic acids is 2. The van der Waals surface area contributed by atoms with E-state index in [1.807, 2.05) is 4.90 Å². The van der Waals surface area contributed by atoms with Crippen LogP contribution in [0, 0.1) is 16.8 Å². The molecule has 0 radical (unpaired) electrons. The van der Waals surface area contributed by atoms with Crippen LogP contribution in [0.5, 0.6) is 11.5 Å². The summed E-state index contributed by atoms with van der Waals surface area (Å²) in [6.07, 6.45) is 2.04. The van der Waals surface area contributed by atoms with Gasteiger partial charge >= 0.3 is 5.91 Å². The van der Waals surface area contributed by atoms with E-state index in [0.717, 1.165) is 6.07 Å². The molecule has 1 fully saturated rings. The Morgan fingerprint density at radius 2 is 2.08 bits per heavy atom. The second-order valence-electron chi connectivity index (χ2n) is 8.11. The Balaban J connectivity index is 1.37. The maximum absolute atomic E-state index is 13.8. The summed E-state index contributed by atoms with van der Waals surface area (Å²) in [7, 11) is 0. The molecular formula is C24H23F2N5O5. The first-order valence-electron chi connectivity index (χ1n) is 11.0. The average molecular weight is 499 g/mol. The van der Waals surface area contributed by atoms with Gasteiger partial charge in [-0.05, 0) is 36.8 Å². The van der Waals surface area contributed by atoms with E-state index in [0.29, 0.717) is 36.1 Å². The largest absolute Gasteiger partial charge is 0.618 e. The number of carbonyl (C=O) groups is 2. The SMILES string of the molecule is CC(C(=O)Nc1ccc(Oc2ccc(F)cc2F)cn1)N1CCOC(c2cc[n+]([O-])c(C(N)=O)c2)C1. The highest BCUT2D eigenvalue weighted by Crippen LogP contribution is 2.26. The molecule has 2 unspecified atom stereocenters. The van der Waals surface area contributed by atoms with Gasteiger partial charge in [0.1, 0.15) is 17.4 Å². The van der Waals surface area contributed by atoms with Crippen molar-refractivity contribution in [2.24, 2.45) is 5.73 Å². The predicted molar refractivity (Wildman–Crippen MR) is 123 cm³/mol. The van der Waals surface area contributed by atoms with Crippen LogP contribution in [0.1, 0.15) is 29.1 Å². The molecule has 10 nitrogen and oxygen atoms in total. The van der Waals surface area contributed by atoms with Crippen LogP contribution < -0.4 is 20.5 Å². The molecule has 188 valence electrons. The fourth-order valence-electron chi connectivity index (χ4n) is 3.70. The zero-order valence-corrected chi connectivity index (χ0v) is 19.2. The molecule has 36 heavy (non-hydrogen) atoms. The molecule has 2 aromatic heterocycles. The summed E-state index contributed by atoms with van der Waals surface area (Å²) >= 11 is 0. The van der Waals surface area contributed by atoms with Gasteiger partial charge in [0, 0.05) is 31.3 Å². The van der Waals surface area contributed by atoms with E-state index < -0.39 is 29.7 Å². The standard InChI is InChI=1S/C24H23F2N5O5/c1-14(30-8-9-35-21(13-30)15-6-7-31(34)19(10-15)23(27)32)24(33)29-22-5-3-17(12-28-22)36-20-4-2-16(25)11-18(20)26/h2-7,10-12,14,21H,8-9,13H2,1H3,(H2,27,32)(H,28,29,33). The van der Waals surface area contributed by atoms with Gasteiger partial charge in [-0.3, -0.25) is 14.5 Å². The number of morpholine rings is 1. The van der Waals surface area contributed by atoms with Crippen molar-refractivity contribution in [3.63, 3.8) is 0 Å². The van der Waals surface area contributed by atoms with Gasteiger partial charge < -0.3 is 25.7 Å². The van der Waals surface area contributed by atoms with E-state index >= 15 is 0 Å². The Morgan fingerprint density at radius 3 is 2.78 bits per heavy atom. The van der Waals surface area contributed by atoms with E-state index in [1.165, 1.54) is 36.7 Å². The minimum Gasteiger partial charge on any atom is -0.618 e. The van der Waals surface area contributed by atoms with Crippen LogP contribution in [0.2, 0.25) is 0 Å². The Hall–Kier alpha value is -4.16. The molecule has 3 heterocycles. The molecule has 0 spiro atoms. The summed E-state index contributed by atoms with van der Waals surface area (Å²) < 4.78 is 38.3. The number of anilines is 1. The molecule has 1 aromatic carbocycles. The molecule has 0 aliphatic carbocycles. The van der Waals surface area contributed by atoms with Crippen molar-refractivity contribution in [2.45, 2.75) is 19.1 Å². The van der Waals surface area contributed by atoms with Gasteiger partial charge in [0.15, 0.2) is 17.8 Å². The minimum absolute atomic E-state index is 0.156. The highest BCUT2D eigenvalue weighted by molar-refractivity contribution is 5.93. The van der Waals surface area contributed by atoms with Crippen LogP contribution in [-0.4, -0.2) is 47.4 Å². The molecule has 3 aromatic rings. The van der Waals surface area contributed by atoms with Gasteiger partial charge in [0.25, 0.3) is 5.69 Å². The van der Waals surface area contributed by atoms with Crippen LogP contribution in [-0.2, 0) is 9.53 Å². The molecule has 3 N–H and O–H groups in total. The molecule has 2 amide bonds. The molecule has 1 saturated heterocycles. The number of nitrogens with two attached hydrogens (primary N) is 1. The third kappa shape index (κ3) is 5.73. The van der Waals surface area contributed by atoms with Crippen molar-refractivity contribution < 1.29 is 32.6 Å². The van der Waals surface area contributed by atoms with E-state index in [2.05, 4.69) is 10.3 Å². The molecule has 0 saturated carbocycles. The Bertz CT molecular complexity index is 1270. The van der Waals surface area contributed by atoms with Crippen LogP contribution in [0.25, 0.3) is 0 Å². The molecule has 2 atom stereocenters. The highest BCUT2D eigenvalue weighted by Gasteiger charge is 2.30. The molecule has 0 bridgehead atoms. The normalized spacial score (nSPS) is 16.8. The molecule has 1 aliphatic rings. The van der Waals surface area contributed by atoms with E-state index in [9.17, 15) is 23.6 Å².